The third-order valence-corrected chi connectivity index (χ3v) is 8.29. The fourth-order valence-electron chi connectivity index (χ4n) is 3.73. The minimum absolute atomic E-state index is 0.0224. The molecule has 10 nitrogen and oxygen atoms in total. The zero-order valence-corrected chi connectivity index (χ0v) is 17.6. The molecule has 3 atom stereocenters. The average Bonchev–Trinajstić information content (AvgIpc) is 3.12. The van der Waals surface area contributed by atoms with Crippen molar-refractivity contribution in [2.45, 2.75) is 22.6 Å². The molecule has 0 unspecified atom stereocenters. The smallest absolute Gasteiger partial charge is 0.480 e. The lowest BCUT2D eigenvalue weighted by molar-refractivity contribution is -0.140. The van der Waals surface area contributed by atoms with Gasteiger partial charge in [-0.2, -0.15) is 9.82 Å². The first kappa shape index (κ1) is 21.0. The first-order valence-corrected chi connectivity index (χ1v) is 11.3. The summed E-state index contributed by atoms with van der Waals surface area (Å²) in [5.41, 5.74) is -0.895. The van der Waals surface area contributed by atoms with Gasteiger partial charge in [0, 0.05) is 5.92 Å². The van der Waals surface area contributed by atoms with Crippen LogP contribution in [0.25, 0.3) is 5.00 Å². The standard InChI is InChI=1S/C19H17N3O7S2/c1-11-16(12-5-3-2-4-6-12)19(11,17(23)24)21-31(27,28)15-8-7-14(30-15)22-10-13(9-20-22)29-18(25)26/h2-11,16,21H,1H3,(H,23,24)(H,25,26)/t11-,16-,19+/m1/s1. The Balaban J connectivity index is 1.60. The third-order valence-electron chi connectivity index (χ3n) is 5.24. The van der Waals surface area contributed by atoms with Gasteiger partial charge in [0.15, 0.2) is 5.75 Å². The Hall–Kier alpha value is -3.22. The highest BCUT2D eigenvalue weighted by Crippen LogP contribution is 2.58. The van der Waals surface area contributed by atoms with Crippen molar-refractivity contribution in [2.24, 2.45) is 5.92 Å². The molecule has 1 fully saturated rings. The van der Waals surface area contributed by atoms with Gasteiger partial charge in [0.25, 0.3) is 10.0 Å². The number of carbonyl (C=O) groups is 2. The van der Waals surface area contributed by atoms with Crippen LogP contribution >= 0.6 is 11.3 Å². The van der Waals surface area contributed by atoms with Gasteiger partial charge in [-0.25, -0.2) is 17.9 Å². The number of sulfonamides is 1. The molecular weight excluding hydrogens is 446 g/mol. The normalized spacial score (nSPS) is 22.7. The summed E-state index contributed by atoms with van der Waals surface area (Å²) in [5, 5.41) is 22.8. The number of benzene rings is 1. The average molecular weight is 463 g/mol. The SMILES string of the molecule is C[C@@H]1[C@H](c2ccccc2)[C@]1(NS(=O)(=O)c1ccc(-n2cc(OC(=O)O)cn2)s1)C(=O)O. The largest absolute Gasteiger partial charge is 0.511 e. The van der Waals surface area contributed by atoms with Crippen LogP contribution in [0.1, 0.15) is 18.4 Å². The first-order chi connectivity index (χ1) is 14.6. The molecule has 12 heteroatoms. The molecule has 31 heavy (non-hydrogen) atoms. The number of ether oxygens (including phenoxy) is 1. The second kappa shape index (κ2) is 7.48. The van der Waals surface area contributed by atoms with Crippen LogP contribution < -0.4 is 9.46 Å². The van der Waals surface area contributed by atoms with E-state index in [0.29, 0.717) is 5.00 Å². The van der Waals surface area contributed by atoms with Crippen molar-refractivity contribution in [1.82, 2.24) is 14.5 Å². The summed E-state index contributed by atoms with van der Waals surface area (Å²) >= 11 is 0.858. The van der Waals surface area contributed by atoms with E-state index in [-0.39, 0.29) is 9.96 Å². The fraction of sp³-hybridized carbons (Fsp3) is 0.211. The molecule has 0 spiro atoms. The van der Waals surface area contributed by atoms with Crippen LogP contribution in [0.15, 0.2) is 59.1 Å². The van der Waals surface area contributed by atoms with Gasteiger partial charge in [-0.15, -0.1) is 11.3 Å². The highest BCUT2D eigenvalue weighted by molar-refractivity contribution is 7.91. The van der Waals surface area contributed by atoms with E-state index in [1.165, 1.54) is 29.2 Å². The topological polar surface area (TPSA) is 148 Å². The molecule has 0 aliphatic heterocycles. The number of hydrogen-bond acceptors (Lipinski definition) is 7. The van der Waals surface area contributed by atoms with Crippen molar-refractivity contribution >= 4 is 33.5 Å². The van der Waals surface area contributed by atoms with Gasteiger partial charge in [-0.3, -0.25) is 4.79 Å². The number of nitrogens with zero attached hydrogens (tertiary/aromatic N) is 2. The second-order valence-electron chi connectivity index (χ2n) is 7.04. The number of hydrogen-bond donors (Lipinski definition) is 3. The Labute approximate surface area is 180 Å². The third kappa shape index (κ3) is 3.69. The molecule has 1 saturated carbocycles. The highest BCUT2D eigenvalue weighted by Gasteiger charge is 2.70. The molecule has 1 aliphatic rings. The van der Waals surface area contributed by atoms with E-state index in [2.05, 4.69) is 14.6 Å². The van der Waals surface area contributed by atoms with Crippen molar-refractivity contribution in [3.63, 3.8) is 0 Å². The first-order valence-electron chi connectivity index (χ1n) is 9.03. The molecule has 0 amide bonds. The van der Waals surface area contributed by atoms with Crippen LogP contribution in [-0.4, -0.2) is 46.1 Å². The van der Waals surface area contributed by atoms with Crippen molar-refractivity contribution < 1.29 is 33.0 Å². The maximum absolute atomic E-state index is 13.0. The number of aliphatic carboxylic acids is 1. The molecule has 0 saturated heterocycles. The lowest BCUT2D eigenvalue weighted by Crippen LogP contribution is -2.45. The quantitative estimate of drug-likeness (QED) is 0.453. The van der Waals surface area contributed by atoms with E-state index < -0.39 is 39.5 Å². The number of aromatic nitrogens is 2. The lowest BCUT2D eigenvalue weighted by atomic mass is 10.1. The van der Waals surface area contributed by atoms with Crippen molar-refractivity contribution in [3.05, 3.63) is 60.4 Å². The van der Waals surface area contributed by atoms with Crippen LogP contribution in [0, 0.1) is 5.92 Å². The minimum Gasteiger partial charge on any atom is -0.480 e. The summed E-state index contributed by atoms with van der Waals surface area (Å²) < 4.78 is 34.1. The summed E-state index contributed by atoms with van der Waals surface area (Å²) in [6.07, 6.45) is 0.969. The molecule has 2 heterocycles. The second-order valence-corrected chi connectivity index (χ2v) is 10.0. The van der Waals surface area contributed by atoms with E-state index in [4.69, 9.17) is 5.11 Å². The number of rotatable bonds is 7. The predicted molar refractivity (Wildman–Crippen MR) is 109 cm³/mol. The van der Waals surface area contributed by atoms with Crippen LogP contribution in [0.3, 0.4) is 0 Å². The Morgan fingerprint density at radius 3 is 2.55 bits per heavy atom. The Kier molecular flexibility index (Phi) is 5.07. The molecule has 1 aromatic carbocycles. The van der Waals surface area contributed by atoms with Gasteiger partial charge in [-0.1, -0.05) is 37.3 Å². The number of carboxylic acid groups (broad SMARTS) is 2. The summed E-state index contributed by atoms with van der Waals surface area (Å²) in [5.74, 6) is -2.20. The van der Waals surface area contributed by atoms with Crippen LogP contribution in [0.2, 0.25) is 0 Å². The number of nitrogens with one attached hydrogen (secondary N) is 1. The van der Waals surface area contributed by atoms with Crippen LogP contribution in [-0.2, 0) is 14.8 Å². The molecule has 0 bridgehead atoms. The molecule has 162 valence electrons. The molecule has 0 radical (unpaired) electrons. The molecule has 3 N–H and O–H groups in total. The predicted octanol–water partition coefficient (Wildman–Crippen LogP) is 2.53. The fourth-order valence-corrected chi connectivity index (χ4v) is 6.42. The van der Waals surface area contributed by atoms with Gasteiger partial charge in [0.05, 0.1) is 12.4 Å². The summed E-state index contributed by atoms with van der Waals surface area (Å²) in [4.78, 5) is 22.7. The van der Waals surface area contributed by atoms with Crippen LogP contribution in [0.5, 0.6) is 5.75 Å². The van der Waals surface area contributed by atoms with Gasteiger partial charge in [0.2, 0.25) is 0 Å². The highest BCUT2D eigenvalue weighted by atomic mass is 32.2. The van der Waals surface area contributed by atoms with Gasteiger partial charge in [-0.05, 0) is 23.6 Å². The molecule has 3 aromatic rings. The van der Waals surface area contributed by atoms with E-state index in [0.717, 1.165) is 16.9 Å². The van der Waals surface area contributed by atoms with Crippen molar-refractivity contribution in [3.8, 4) is 10.8 Å². The number of carboxylic acids is 1. The van der Waals surface area contributed by atoms with E-state index >= 15 is 0 Å². The summed E-state index contributed by atoms with van der Waals surface area (Å²) in [6.45, 7) is 1.70. The Bertz CT molecular complexity index is 1250. The molecule has 1 aliphatic carbocycles. The Morgan fingerprint density at radius 1 is 1.19 bits per heavy atom. The summed E-state index contributed by atoms with van der Waals surface area (Å²) in [7, 11) is -4.15. The molecular formula is C19H17N3O7S2. The monoisotopic (exact) mass is 463 g/mol. The number of thiophene rings is 1. The zero-order chi connectivity index (χ0) is 22.4. The van der Waals surface area contributed by atoms with Gasteiger partial charge >= 0.3 is 12.1 Å². The molecule has 4 rings (SSSR count). The van der Waals surface area contributed by atoms with Crippen molar-refractivity contribution in [1.29, 1.82) is 0 Å². The zero-order valence-electron chi connectivity index (χ0n) is 16.0. The lowest BCUT2D eigenvalue weighted by Gasteiger charge is -2.15. The van der Waals surface area contributed by atoms with E-state index in [1.807, 2.05) is 0 Å². The van der Waals surface area contributed by atoms with Crippen molar-refractivity contribution in [2.75, 3.05) is 0 Å². The molecule has 2 aromatic heterocycles. The minimum atomic E-state index is -4.15. The van der Waals surface area contributed by atoms with E-state index in [9.17, 15) is 23.1 Å². The Morgan fingerprint density at radius 2 is 1.90 bits per heavy atom. The maximum atomic E-state index is 13.0. The summed E-state index contributed by atoms with van der Waals surface area (Å²) in [6, 6.07) is 11.7. The van der Waals surface area contributed by atoms with E-state index in [1.54, 1.807) is 37.3 Å². The van der Waals surface area contributed by atoms with Gasteiger partial charge in [0.1, 0.15) is 14.7 Å². The maximum Gasteiger partial charge on any atom is 0.511 e. The van der Waals surface area contributed by atoms with Crippen LogP contribution in [0.4, 0.5) is 4.79 Å². The van der Waals surface area contributed by atoms with Gasteiger partial charge < -0.3 is 14.9 Å².